The molecule has 28 heavy (non-hydrogen) atoms. The predicted octanol–water partition coefficient (Wildman–Crippen LogP) is 3.06. The molecule has 0 aromatic heterocycles. The number of hydrogen-bond acceptors (Lipinski definition) is 5. The highest BCUT2D eigenvalue weighted by molar-refractivity contribution is 6.09. The summed E-state index contributed by atoms with van der Waals surface area (Å²) < 4.78 is 5.50. The van der Waals surface area contributed by atoms with E-state index in [1.54, 1.807) is 24.3 Å². The molecule has 0 spiro atoms. The molecule has 2 N–H and O–H groups in total. The average Bonchev–Trinajstić information content (AvgIpc) is 3.20. The van der Waals surface area contributed by atoms with Crippen LogP contribution in [0.4, 0.5) is 11.4 Å². The van der Waals surface area contributed by atoms with Crippen molar-refractivity contribution in [2.24, 2.45) is 0 Å². The summed E-state index contributed by atoms with van der Waals surface area (Å²) in [5, 5.41) is 16.6. The van der Waals surface area contributed by atoms with Gasteiger partial charge < -0.3 is 15.4 Å². The molecule has 1 saturated heterocycles. The van der Waals surface area contributed by atoms with Crippen molar-refractivity contribution in [2.75, 3.05) is 18.5 Å². The molecule has 1 aliphatic heterocycles. The normalized spacial score (nSPS) is 15.8. The minimum atomic E-state index is -0.529. The van der Waals surface area contributed by atoms with Crippen molar-refractivity contribution in [2.45, 2.75) is 25.9 Å². The number of amides is 2. The molecule has 3 rings (SSSR count). The first-order valence-corrected chi connectivity index (χ1v) is 9.01. The minimum absolute atomic E-state index is 0.0122. The minimum Gasteiger partial charge on any atom is -0.376 e. The second-order valence-corrected chi connectivity index (χ2v) is 6.55. The highest BCUT2D eigenvalue weighted by Gasteiger charge is 2.21. The Balaban J connectivity index is 1.76. The molecule has 1 atom stereocenters. The van der Waals surface area contributed by atoms with Gasteiger partial charge in [-0.1, -0.05) is 18.2 Å². The highest BCUT2D eigenvalue weighted by atomic mass is 16.6. The van der Waals surface area contributed by atoms with Gasteiger partial charge in [-0.15, -0.1) is 0 Å². The first kappa shape index (κ1) is 19.5. The second kappa shape index (κ2) is 8.62. The van der Waals surface area contributed by atoms with E-state index in [0.29, 0.717) is 24.4 Å². The zero-order chi connectivity index (χ0) is 20.1. The number of benzene rings is 2. The maximum Gasteiger partial charge on any atom is 0.273 e. The number of hydrogen-bond donors (Lipinski definition) is 2. The van der Waals surface area contributed by atoms with E-state index in [0.717, 1.165) is 12.8 Å². The van der Waals surface area contributed by atoms with Gasteiger partial charge in [0.2, 0.25) is 0 Å². The van der Waals surface area contributed by atoms with Crippen LogP contribution in [0.2, 0.25) is 0 Å². The number of rotatable bonds is 6. The summed E-state index contributed by atoms with van der Waals surface area (Å²) in [4.78, 5) is 35.8. The van der Waals surface area contributed by atoms with E-state index in [9.17, 15) is 19.7 Å². The molecule has 2 aromatic rings. The van der Waals surface area contributed by atoms with Crippen LogP contribution in [0.1, 0.15) is 39.1 Å². The molecule has 146 valence electrons. The standard InChI is InChI=1S/C20H21N3O5/c1-13-15(8-4-10-18(13)23(26)27)20(25)22-17-9-3-2-7-16(17)19(24)21-12-14-6-5-11-28-14/h2-4,7-10,14H,5-6,11-12H2,1H3,(H,21,24)(H,22,25)/t14-/m1/s1. The van der Waals surface area contributed by atoms with E-state index in [1.807, 2.05) is 0 Å². The summed E-state index contributed by atoms with van der Waals surface area (Å²) in [5.41, 5.74) is 0.976. The van der Waals surface area contributed by atoms with Gasteiger partial charge in [0.15, 0.2) is 0 Å². The van der Waals surface area contributed by atoms with Crippen molar-refractivity contribution in [3.05, 3.63) is 69.3 Å². The Morgan fingerprint density at radius 1 is 1.14 bits per heavy atom. The first-order chi connectivity index (χ1) is 13.5. The monoisotopic (exact) mass is 383 g/mol. The van der Waals surface area contributed by atoms with Crippen LogP contribution in [0.3, 0.4) is 0 Å². The van der Waals surface area contributed by atoms with Crippen molar-refractivity contribution in [1.29, 1.82) is 0 Å². The van der Waals surface area contributed by atoms with E-state index in [2.05, 4.69) is 10.6 Å². The van der Waals surface area contributed by atoms with Crippen LogP contribution in [0.25, 0.3) is 0 Å². The third kappa shape index (κ3) is 4.34. The lowest BCUT2D eigenvalue weighted by molar-refractivity contribution is -0.385. The van der Waals surface area contributed by atoms with Gasteiger partial charge in [-0.25, -0.2) is 0 Å². The number of nitro groups is 1. The van der Waals surface area contributed by atoms with Gasteiger partial charge in [0.1, 0.15) is 0 Å². The first-order valence-electron chi connectivity index (χ1n) is 9.01. The summed E-state index contributed by atoms with van der Waals surface area (Å²) in [6, 6.07) is 10.9. The van der Waals surface area contributed by atoms with E-state index >= 15 is 0 Å². The van der Waals surface area contributed by atoms with Crippen LogP contribution in [-0.4, -0.2) is 36.0 Å². The number of nitrogens with zero attached hydrogens (tertiary/aromatic N) is 1. The molecular weight excluding hydrogens is 362 g/mol. The van der Waals surface area contributed by atoms with Crippen molar-refractivity contribution in [3.8, 4) is 0 Å². The number of para-hydroxylation sites is 1. The lowest BCUT2D eigenvalue weighted by Gasteiger charge is -2.14. The number of nitro benzene ring substituents is 1. The van der Waals surface area contributed by atoms with E-state index in [4.69, 9.17) is 4.74 Å². The fourth-order valence-electron chi connectivity index (χ4n) is 3.15. The molecule has 0 unspecified atom stereocenters. The molecule has 0 radical (unpaired) electrons. The van der Waals surface area contributed by atoms with Gasteiger partial charge in [-0.2, -0.15) is 0 Å². The van der Waals surface area contributed by atoms with Gasteiger partial charge in [-0.05, 0) is 38.0 Å². The SMILES string of the molecule is Cc1c(C(=O)Nc2ccccc2C(=O)NC[C@H]2CCCO2)cccc1[N+](=O)[O-]. The lowest BCUT2D eigenvalue weighted by atomic mass is 10.1. The zero-order valence-corrected chi connectivity index (χ0v) is 15.4. The molecule has 8 nitrogen and oxygen atoms in total. The van der Waals surface area contributed by atoms with Gasteiger partial charge in [0.05, 0.1) is 22.3 Å². The predicted molar refractivity (Wildman–Crippen MR) is 104 cm³/mol. The number of carbonyl (C=O) groups excluding carboxylic acids is 2. The fraction of sp³-hybridized carbons (Fsp3) is 0.300. The topological polar surface area (TPSA) is 111 Å². The van der Waals surface area contributed by atoms with Crippen LogP contribution < -0.4 is 10.6 Å². The molecule has 1 fully saturated rings. The Kier molecular flexibility index (Phi) is 6.00. The Hall–Kier alpha value is -3.26. The maximum absolute atomic E-state index is 12.7. The van der Waals surface area contributed by atoms with Crippen molar-refractivity contribution in [3.63, 3.8) is 0 Å². The van der Waals surface area contributed by atoms with Crippen LogP contribution in [-0.2, 0) is 4.74 Å². The number of carbonyl (C=O) groups is 2. The van der Waals surface area contributed by atoms with Crippen LogP contribution >= 0.6 is 0 Å². The van der Waals surface area contributed by atoms with Crippen LogP contribution in [0.5, 0.6) is 0 Å². The van der Waals surface area contributed by atoms with Crippen molar-refractivity contribution in [1.82, 2.24) is 5.32 Å². The van der Waals surface area contributed by atoms with Gasteiger partial charge in [0.25, 0.3) is 17.5 Å². The molecule has 1 heterocycles. The number of anilines is 1. The molecule has 0 aliphatic carbocycles. The van der Waals surface area contributed by atoms with E-state index in [-0.39, 0.29) is 28.8 Å². The summed E-state index contributed by atoms with van der Waals surface area (Å²) in [7, 11) is 0. The van der Waals surface area contributed by atoms with Gasteiger partial charge in [0, 0.05) is 30.3 Å². The smallest absolute Gasteiger partial charge is 0.273 e. The Morgan fingerprint density at radius 2 is 1.89 bits per heavy atom. The summed E-state index contributed by atoms with van der Waals surface area (Å²) in [6.07, 6.45) is 1.90. The Morgan fingerprint density at radius 3 is 2.61 bits per heavy atom. The molecule has 0 bridgehead atoms. The number of ether oxygens (including phenoxy) is 1. The lowest BCUT2D eigenvalue weighted by Crippen LogP contribution is -2.32. The van der Waals surface area contributed by atoms with Crippen molar-refractivity contribution < 1.29 is 19.2 Å². The quantitative estimate of drug-likeness (QED) is 0.588. The maximum atomic E-state index is 12.7. The fourth-order valence-corrected chi connectivity index (χ4v) is 3.15. The van der Waals surface area contributed by atoms with Crippen molar-refractivity contribution >= 4 is 23.2 Å². The summed E-state index contributed by atoms with van der Waals surface area (Å²) >= 11 is 0. The molecule has 2 amide bonds. The summed E-state index contributed by atoms with van der Waals surface area (Å²) in [6.45, 7) is 2.63. The van der Waals surface area contributed by atoms with Gasteiger partial charge in [-0.3, -0.25) is 19.7 Å². The average molecular weight is 383 g/mol. The number of nitrogens with one attached hydrogen (secondary N) is 2. The third-order valence-electron chi connectivity index (χ3n) is 4.68. The van der Waals surface area contributed by atoms with Gasteiger partial charge >= 0.3 is 0 Å². The Bertz CT molecular complexity index is 906. The van der Waals surface area contributed by atoms with Crippen LogP contribution in [0, 0.1) is 17.0 Å². The van der Waals surface area contributed by atoms with Crippen LogP contribution in [0.15, 0.2) is 42.5 Å². The summed E-state index contributed by atoms with van der Waals surface area (Å²) in [5.74, 6) is -0.831. The van der Waals surface area contributed by atoms with E-state index < -0.39 is 10.8 Å². The molecule has 8 heteroatoms. The highest BCUT2D eigenvalue weighted by Crippen LogP contribution is 2.23. The zero-order valence-electron chi connectivity index (χ0n) is 15.4. The molecule has 0 saturated carbocycles. The molecule has 1 aliphatic rings. The largest absolute Gasteiger partial charge is 0.376 e. The molecule has 2 aromatic carbocycles. The van der Waals surface area contributed by atoms with E-state index in [1.165, 1.54) is 25.1 Å². The second-order valence-electron chi connectivity index (χ2n) is 6.55. The molecular formula is C20H21N3O5. The third-order valence-corrected chi connectivity index (χ3v) is 4.68. The Labute approximate surface area is 162 Å².